The number of aromatic nitrogens is 1. The summed E-state index contributed by atoms with van der Waals surface area (Å²) in [5, 5.41) is 3.93. The number of rotatable bonds is 4. The third kappa shape index (κ3) is 3.05. The van der Waals surface area contributed by atoms with Gasteiger partial charge in [-0.2, -0.15) is 0 Å². The third-order valence-electron chi connectivity index (χ3n) is 4.43. The smallest absolute Gasteiger partial charge is 0.231 e. The molecule has 1 saturated heterocycles. The first kappa shape index (κ1) is 15.9. The van der Waals surface area contributed by atoms with E-state index in [0.29, 0.717) is 13.1 Å². The molecule has 0 aliphatic carbocycles. The van der Waals surface area contributed by atoms with Crippen LogP contribution >= 0.6 is 11.3 Å². The molecule has 2 aromatic carbocycles. The van der Waals surface area contributed by atoms with Crippen molar-refractivity contribution in [2.24, 2.45) is 5.92 Å². The Balaban J connectivity index is 1.41. The molecule has 1 N–H and O–H groups in total. The normalized spacial score (nSPS) is 14.4. The minimum Gasteiger partial charge on any atom is -0.494 e. The largest absolute Gasteiger partial charge is 0.494 e. The summed E-state index contributed by atoms with van der Waals surface area (Å²) in [6, 6.07) is 13.8. The molecule has 4 rings (SSSR count). The van der Waals surface area contributed by atoms with Gasteiger partial charge in [0.15, 0.2) is 5.13 Å². The number of nitrogens with zero attached hydrogens (tertiary/aromatic N) is 2. The van der Waals surface area contributed by atoms with Gasteiger partial charge in [0.1, 0.15) is 11.3 Å². The van der Waals surface area contributed by atoms with Gasteiger partial charge in [-0.05, 0) is 31.2 Å². The number of amides is 1. The standard InChI is InChI=1S/C19H19N3O2S/c1-12-6-8-14(9-7-12)20-18(23)13-10-22(11-13)19-21-17-15(24-2)4-3-5-16(17)25-19/h3-9,13H,10-11H2,1-2H3,(H,20,23). The zero-order valence-electron chi connectivity index (χ0n) is 14.2. The zero-order chi connectivity index (χ0) is 17.4. The van der Waals surface area contributed by atoms with E-state index in [4.69, 9.17) is 4.74 Å². The number of ether oxygens (including phenoxy) is 1. The lowest BCUT2D eigenvalue weighted by Gasteiger charge is -2.37. The SMILES string of the molecule is COc1cccc2sc(N3CC(C(=O)Nc4ccc(C)cc4)C3)nc12. The van der Waals surface area contributed by atoms with E-state index in [-0.39, 0.29) is 11.8 Å². The Hall–Kier alpha value is -2.60. The Morgan fingerprint density at radius 3 is 2.72 bits per heavy atom. The molecule has 1 aliphatic rings. The molecule has 3 aromatic rings. The molecule has 1 aromatic heterocycles. The average molecular weight is 353 g/mol. The van der Waals surface area contributed by atoms with Crippen molar-refractivity contribution in [2.45, 2.75) is 6.92 Å². The lowest BCUT2D eigenvalue weighted by Crippen LogP contribution is -2.52. The van der Waals surface area contributed by atoms with E-state index in [1.807, 2.05) is 49.4 Å². The fourth-order valence-corrected chi connectivity index (χ4v) is 3.89. The Kier molecular flexibility index (Phi) is 4.05. The van der Waals surface area contributed by atoms with Crippen molar-refractivity contribution in [1.82, 2.24) is 4.98 Å². The van der Waals surface area contributed by atoms with Crippen molar-refractivity contribution in [1.29, 1.82) is 0 Å². The van der Waals surface area contributed by atoms with Gasteiger partial charge < -0.3 is 15.0 Å². The molecule has 1 aliphatic heterocycles. The van der Waals surface area contributed by atoms with Crippen LogP contribution in [-0.2, 0) is 4.79 Å². The number of carbonyl (C=O) groups excluding carboxylic acids is 1. The van der Waals surface area contributed by atoms with Gasteiger partial charge in [-0.1, -0.05) is 35.1 Å². The topological polar surface area (TPSA) is 54.5 Å². The summed E-state index contributed by atoms with van der Waals surface area (Å²) in [7, 11) is 1.66. The molecule has 128 valence electrons. The van der Waals surface area contributed by atoms with Gasteiger partial charge in [0.2, 0.25) is 5.91 Å². The fourth-order valence-electron chi connectivity index (χ4n) is 2.89. The maximum atomic E-state index is 12.4. The predicted octanol–water partition coefficient (Wildman–Crippen LogP) is 3.69. The van der Waals surface area contributed by atoms with Crippen LogP contribution in [0.5, 0.6) is 5.75 Å². The molecule has 1 fully saturated rings. The highest BCUT2D eigenvalue weighted by atomic mass is 32.1. The third-order valence-corrected chi connectivity index (χ3v) is 5.51. The first-order valence-electron chi connectivity index (χ1n) is 8.20. The molecule has 25 heavy (non-hydrogen) atoms. The van der Waals surface area contributed by atoms with E-state index in [2.05, 4.69) is 15.2 Å². The van der Waals surface area contributed by atoms with E-state index < -0.39 is 0 Å². The highest BCUT2D eigenvalue weighted by Gasteiger charge is 2.34. The Morgan fingerprint density at radius 2 is 2.00 bits per heavy atom. The number of carbonyl (C=O) groups is 1. The molecular weight excluding hydrogens is 334 g/mol. The zero-order valence-corrected chi connectivity index (χ0v) is 15.0. The van der Waals surface area contributed by atoms with Gasteiger partial charge in [-0.25, -0.2) is 4.98 Å². The Bertz CT molecular complexity index is 914. The number of anilines is 2. The van der Waals surface area contributed by atoms with Crippen molar-refractivity contribution < 1.29 is 9.53 Å². The fraction of sp³-hybridized carbons (Fsp3) is 0.263. The summed E-state index contributed by atoms with van der Waals surface area (Å²) >= 11 is 1.63. The molecule has 0 atom stereocenters. The van der Waals surface area contributed by atoms with Crippen molar-refractivity contribution >= 4 is 38.3 Å². The summed E-state index contributed by atoms with van der Waals surface area (Å²) in [6.45, 7) is 3.42. The molecular formula is C19H19N3O2S. The monoisotopic (exact) mass is 353 g/mol. The van der Waals surface area contributed by atoms with Gasteiger partial charge >= 0.3 is 0 Å². The number of thiazole rings is 1. The van der Waals surface area contributed by atoms with Crippen LogP contribution in [0.25, 0.3) is 10.2 Å². The van der Waals surface area contributed by atoms with Gasteiger partial charge in [0.25, 0.3) is 0 Å². The molecule has 2 heterocycles. The van der Waals surface area contributed by atoms with Crippen molar-refractivity contribution in [3.05, 3.63) is 48.0 Å². The van der Waals surface area contributed by atoms with Gasteiger partial charge in [0, 0.05) is 18.8 Å². The average Bonchev–Trinajstić information content (AvgIpc) is 2.99. The Labute approximate surface area is 150 Å². The number of benzene rings is 2. The van der Waals surface area contributed by atoms with E-state index in [1.165, 1.54) is 5.56 Å². The molecule has 0 bridgehead atoms. The summed E-state index contributed by atoms with van der Waals surface area (Å²) in [6.07, 6.45) is 0. The number of fused-ring (bicyclic) bond motifs is 1. The van der Waals surface area contributed by atoms with Crippen LogP contribution in [0.2, 0.25) is 0 Å². The highest BCUT2D eigenvalue weighted by molar-refractivity contribution is 7.22. The summed E-state index contributed by atoms with van der Waals surface area (Å²) < 4.78 is 6.47. The van der Waals surface area contributed by atoms with Crippen LogP contribution in [0.1, 0.15) is 5.56 Å². The number of aryl methyl sites for hydroxylation is 1. The van der Waals surface area contributed by atoms with Crippen molar-refractivity contribution in [2.75, 3.05) is 30.4 Å². The minimum atomic E-state index is -0.00443. The number of methoxy groups -OCH3 is 1. The first-order valence-corrected chi connectivity index (χ1v) is 9.02. The molecule has 0 saturated carbocycles. The quantitative estimate of drug-likeness (QED) is 0.777. The van der Waals surface area contributed by atoms with Crippen molar-refractivity contribution in [3.8, 4) is 5.75 Å². The van der Waals surface area contributed by atoms with E-state index in [9.17, 15) is 4.79 Å². The number of hydrogen-bond acceptors (Lipinski definition) is 5. The van der Waals surface area contributed by atoms with Crippen molar-refractivity contribution in [3.63, 3.8) is 0 Å². The summed E-state index contributed by atoms with van der Waals surface area (Å²) in [5.74, 6) is 0.850. The number of nitrogens with one attached hydrogen (secondary N) is 1. The molecule has 6 heteroatoms. The van der Waals surface area contributed by atoms with Gasteiger partial charge in [0.05, 0.1) is 17.7 Å². The highest BCUT2D eigenvalue weighted by Crippen LogP contribution is 2.36. The van der Waals surface area contributed by atoms with Crippen LogP contribution in [0, 0.1) is 12.8 Å². The van der Waals surface area contributed by atoms with Crippen LogP contribution in [0.4, 0.5) is 10.8 Å². The van der Waals surface area contributed by atoms with Gasteiger partial charge in [-0.3, -0.25) is 4.79 Å². The number of hydrogen-bond donors (Lipinski definition) is 1. The number of para-hydroxylation sites is 1. The molecule has 0 spiro atoms. The lowest BCUT2D eigenvalue weighted by atomic mass is 10.00. The minimum absolute atomic E-state index is 0.00443. The van der Waals surface area contributed by atoms with Crippen LogP contribution in [-0.4, -0.2) is 31.1 Å². The van der Waals surface area contributed by atoms with Crippen LogP contribution in [0.15, 0.2) is 42.5 Å². The molecule has 1 amide bonds. The maximum Gasteiger partial charge on any atom is 0.231 e. The van der Waals surface area contributed by atoms with E-state index in [0.717, 1.165) is 26.8 Å². The van der Waals surface area contributed by atoms with Crippen LogP contribution in [0.3, 0.4) is 0 Å². The van der Waals surface area contributed by atoms with Gasteiger partial charge in [-0.15, -0.1) is 0 Å². The second-order valence-electron chi connectivity index (χ2n) is 6.26. The summed E-state index contributed by atoms with van der Waals surface area (Å²) in [4.78, 5) is 19.2. The maximum absolute atomic E-state index is 12.4. The Morgan fingerprint density at radius 1 is 1.24 bits per heavy atom. The molecule has 0 unspecified atom stereocenters. The summed E-state index contributed by atoms with van der Waals surface area (Å²) in [5.41, 5.74) is 2.91. The first-order chi connectivity index (χ1) is 12.1. The molecule has 5 nitrogen and oxygen atoms in total. The second kappa shape index (κ2) is 6.37. The second-order valence-corrected chi connectivity index (χ2v) is 7.27. The van der Waals surface area contributed by atoms with E-state index >= 15 is 0 Å². The van der Waals surface area contributed by atoms with E-state index in [1.54, 1.807) is 18.4 Å². The predicted molar refractivity (Wildman–Crippen MR) is 102 cm³/mol. The molecule has 0 radical (unpaired) electrons. The lowest BCUT2D eigenvalue weighted by molar-refractivity contribution is -0.120. The van der Waals surface area contributed by atoms with Crippen LogP contribution < -0.4 is 15.0 Å².